The maximum absolute atomic E-state index is 13.0. The summed E-state index contributed by atoms with van der Waals surface area (Å²) in [5.74, 6) is -0.0104. The van der Waals surface area contributed by atoms with Crippen LogP contribution in [0.1, 0.15) is 312 Å². The largest absolute Gasteiger partial charge is 0.472 e. The molecule has 0 heterocycles. The van der Waals surface area contributed by atoms with Crippen molar-refractivity contribution in [1.29, 1.82) is 0 Å². The Hall–Kier alpha value is -1.94. The average molecular weight is 1230 g/mol. The van der Waals surface area contributed by atoms with Crippen LogP contribution in [0.5, 0.6) is 0 Å². The molecule has 0 aliphatic heterocycles. The van der Waals surface area contributed by atoms with Gasteiger partial charge in [0, 0.05) is 25.7 Å². The van der Waals surface area contributed by atoms with E-state index >= 15 is 0 Å². The molecule has 17 nitrogen and oxygen atoms in total. The number of hydrogen-bond acceptors (Lipinski definition) is 15. The van der Waals surface area contributed by atoms with Gasteiger partial charge in [-0.25, -0.2) is 9.13 Å². The van der Waals surface area contributed by atoms with E-state index in [1.807, 2.05) is 0 Å². The maximum Gasteiger partial charge on any atom is 0.472 e. The van der Waals surface area contributed by atoms with Crippen LogP contribution in [0.2, 0.25) is 0 Å². The fourth-order valence-electron chi connectivity index (χ4n) is 9.48. The third-order valence-electron chi connectivity index (χ3n) is 14.6. The molecule has 0 aliphatic carbocycles. The zero-order valence-electron chi connectivity index (χ0n) is 53.6. The highest BCUT2D eigenvalue weighted by Crippen LogP contribution is 2.45. The van der Waals surface area contributed by atoms with Gasteiger partial charge in [-0.15, -0.1) is 0 Å². The summed E-state index contributed by atoms with van der Waals surface area (Å²) in [6, 6.07) is 0. The molecular formula is C64H124O17P2. The van der Waals surface area contributed by atoms with Gasteiger partial charge in [-0.3, -0.25) is 37.3 Å². The molecule has 5 atom stereocenters. The smallest absolute Gasteiger partial charge is 0.462 e. The van der Waals surface area contributed by atoms with Gasteiger partial charge in [0.25, 0.3) is 0 Å². The van der Waals surface area contributed by atoms with E-state index < -0.39 is 97.5 Å². The molecule has 0 spiro atoms. The first kappa shape index (κ1) is 81.1. The Morgan fingerprint density at radius 3 is 0.819 bits per heavy atom. The van der Waals surface area contributed by atoms with E-state index in [1.54, 1.807) is 0 Å². The summed E-state index contributed by atoms with van der Waals surface area (Å²) in [7, 11) is -9.89. The lowest BCUT2D eigenvalue weighted by atomic mass is 10.0. The molecule has 0 aromatic heterocycles. The predicted octanol–water partition coefficient (Wildman–Crippen LogP) is 17.5. The van der Waals surface area contributed by atoms with Gasteiger partial charge < -0.3 is 33.8 Å². The van der Waals surface area contributed by atoms with E-state index in [2.05, 4.69) is 48.5 Å². The molecule has 0 fully saturated rings. The monoisotopic (exact) mass is 1230 g/mol. The fraction of sp³-hybridized carbons (Fsp3) is 0.938. The number of esters is 4. The Labute approximate surface area is 505 Å². The first-order valence-electron chi connectivity index (χ1n) is 33.3. The van der Waals surface area contributed by atoms with Gasteiger partial charge in [0.2, 0.25) is 0 Å². The van der Waals surface area contributed by atoms with Crippen LogP contribution < -0.4 is 0 Å². The molecule has 0 aromatic carbocycles. The van der Waals surface area contributed by atoms with Crippen molar-refractivity contribution in [3.8, 4) is 0 Å². The minimum Gasteiger partial charge on any atom is -0.462 e. The lowest BCUT2D eigenvalue weighted by molar-refractivity contribution is -0.161. The summed E-state index contributed by atoms with van der Waals surface area (Å²) in [5.41, 5.74) is 0. The van der Waals surface area contributed by atoms with Crippen molar-refractivity contribution in [2.24, 2.45) is 17.8 Å². The number of unbranched alkanes of at least 4 members (excludes halogenated alkanes) is 30. The molecule has 3 N–H and O–H groups in total. The molecule has 0 rings (SSSR count). The highest BCUT2D eigenvalue weighted by molar-refractivity contribution is 7.47. The van der Waals surface area contributed by atoms with Gasteiger partial charge in [0.1, 0.15) is 19.3 Å². The van der Waals surface area contributed by atoms with Gasteiger partial charge in [0.15, 0.2) is 12.2 Å². The topological polar surface area (TPSA) is 237 Å². The normalized spacial score (nSPS) is 14.4. The lowest BCUT2D eigenvalue weighted by Crippen LogP contribution is -2.30. The number of phosphoric acid groups is 2. The highest BCUT2D eigenvalue weighted by atomic mass is 31.2. The number of hydrogen-bond donors (Lipinski definition) is 3. The van der Waals surface area contributed by atoms with E-state index in [4.69, 9.17) is 37.0 Å². The Morgan fingerprint density at radius 2 is 0.554 bits per heavy atom. The van der Waals surface area contributed by atoms with Crippen molar-refractivity contribution in [2.75, 3.05) is 39.6 Å². The lowest BCUT2D eigenvalue weighted by Gasteiger charge is -2.21. The third kappa shape index (κ3) is 58.8. The fourth-order valence-corrected chi connectivity index (χ4v) is 11.1. The van der Waals surface area contributed by atoms with Crippen molar-refractivity contribution in [3.63, 3.8) is 0 Å². The second-order valence-corrected chi connectivity index (χ2v) is 27.5. The van der Waals surface area contributed by atoms with Crippen LogP contribution in [0.4, 0.5) is 0 Å². The van der Waals surface area contributed by atoms with Gasteiger partial charge in [0.05, 0.1) is 26.4 Å². The zero-order valence-corrected chi connectivity index (χ0v) is 55.4. The molecular weight excluding hydrogens is 1100 g/mol. The average Bonchev–Trinajstić information content (AvgIpc) is 3.43. The van der Waals surface area contributed by atoms with Gasteiger partial charge in [-0.2, -0.15) is 0 Å². The quantitative estimate of drug-likeness (QED) is 0.0222. The second kappa shape index (κ2) is 55.4. The van der Waals surface area contributed by atoms with Crippen LogP contribution in [-0.2, 0) is 65.4 Å². The number of phosphoric ester groups is 2. The number of carbonyl (C=O) groups excluding carboxylic acids is 4. The summed E-state index contributed by atoms with van der Waals surface area (Å²) in [6.07, 6.45) is 36.3. The highest BCUT2D eigenvalue weighted by Gasteiger charge is 2.30. The first-order valence-corrected chi connectivity index (χ1v) is 36.3. The van der Waals surface area contributed by atoms with Crippen molar-refractivity contribution in [3.05, 3.63) is 0 Å². The van der Waals surface area contributed by atoms with Crippen molar-refractivity contribution in [1.82, 2.24) is 0 Å². The summed E-state index contributed by atoms with van der Waals surface area (Å²) in [6.45, 7) is 11.6. The summed E-state index contributed by atoms with van der Waals surface area (Å²) >= 11 is 0. The van der Waals surface area contributed by atoms with E-state index in [9.17, 15) is 43.2 Å². The van der Waals surface area contributed by atoms with E-state index in [0.29, 0.717) is 37.5 Å². The number of aliphatic hydroxyl groups is 1. The Kier molecular flexibility index (Phi) is 54.1. The van der Waals surface area contributed by atoms with Crippen LogP contribution in [0, 0.1) is 17.8 Å². The zero-order chi connectivity index (χ0) is 61.7. The number of rotatable bonds is 62. The summed E-state index contributed by atoms with van der Waals surface area (Å²) < 4.78 is 68.0. The summed E-state index contributed by atoms with van der Waals surface area (Å²) in [5, 5.41) is 10.5. The van der Waals surface area contributed by atoms with Crippen LogP contribution in [0.3, 0.4) is 0 Å². The predicted molar refractivity (Wildman–Crippen MR) is 331 cm³/mol. The van der Waals surface area contributed by atoms with Gasteiger partial charge in [-0.1, -0.05) is 260 Å². The SMILES string of the molecule is CCCCCCCCCCCCCCC(=O)O[C@H](COC(=O)CCCCCCCCCCC(C)C)COP(=O)(O)OC[C@@H](O)COP(=O)(O)OC[C@@H](COC(=O)CCCCCCCCCC(C)C)OC(=O)CCCCCCCCCC(C)C. The summed E-state index contributed by atoms with van der Waals surface area (Å²) in [4.78, 5) is 72.2. The first-order chi connectivity index (χ1) is 39.7. The van der Waals surface area contributed by atoms with Crippen LogP contribution in [0.15, 0.2) is 0 Å². The number of ether oxygens (including phenoxy) is 4. The number of carbonyl (C=O) groups is 4. The molecule has 0 saturated heterocycles. The van der Waals surface area contributed by atoms with E-state index in [0.717, 1.165) is 102 Å². The molecule has 2 unspecified atom stereocenters. The molecule has 0 aromatic rings. The van der Waals surface area contributed by atoms with Crippen molar-refractivity contribution < 1.29 is 80.2 Å². The van der Waals surface area contributed by atoms with E-state index in [1.165, 1.54) is 116 Å². The van der Waals surface area contributed by atoms with E-state index in [-0.39, 0.29) is 25.7 Å². The Bertz CT molecular complexity index is 1650. The van der Waals surface area contributed by atoms with Crippen LogP contribution in [-0.4, -0.2) is 96.7 Å². The molecule has 0 saturated carbocycles. The van der Waals surface area contributed by atoms with Gasteiger partial charge in [-0.05, 0) is 43.4 Å². The van der Waals surface area contributed by atoms with Crippen LogP contribution >= 0.6 is 15.6 Å². The maximum atomic E-state index is 13.0. The minimum absolute atomic E-state index is 0.102. The molecule has 19 heteroatoms. The molecule has 0 radical (unpaired) electrons. The number of aliphatic hydroxyl groups excluding tert-OH is 1. The van der Waals surface area contributed by atoms with Crippen LogP contribution in [0.25, 0.3) is 0 Å². The second-order valence-electron chi connectivity index (χ2n) is 24.6. The standard InChI is InChI=1S/C64H124O17P2/c1-8-9-10-11-12-13-14-15-16-25-33-40-47-63(68)80-59(51-74-61(66)45-38-31-24-18-17-21-28-35-42-55(2)3)53-78-82(70,71)76-49-58(65)50-77-83(72,73)79-54-60(81-64(69)48-41-34-27-20-23-30-37-44-57(6)7)52-75-62(67)46-39-32-26-19-22-29-36-43-56(4)5/h55-60,65H,8-54H2,1-7H3,(H,70,71)(H,72,73)/t58-,59-,60-/m1/s1. The molecule has 0 bridgehead atoms. The van der Waals surface area contributed by atoms with Crippen molar-refractivity contribution in [2.45, 2.75) is 330 Å². The minimum atomic E-state index is -4.94. The molecule has 0 aliphatic rings. The molecule has 83 heavy (non-hydrogen) atoms. The van der Waals surface area contributed by atoms with Gasteiger partial charge >= 0.3 is 39.5 Å². The van der Waals surface area contributed by atoms with Crippen molar-refractivity contribution >= 4 is 39.5 Å². The third-order valence-corrected chi connectivity index (χ3v) is 16.5. The Morgan fingerprint density at radius 1 is 0.325 bits per heavy atom. The Balaban J connectivity index is 5.25. The molecule has 492 valence electrons. The molecule has 0 amide bonds.